The zero-order valence-electron chi connectivity index (χ0n) is 33.3. The molecule has 2 unspecified atom stereocenters. The van der Waals surface area contributed by atoms with Crippen LogP contribution in [0.3, 0.4) is 0 Å². The number of allylic oxidation sites excluding steroid dienone is 10. The minimum Gasteiger partial charge on any atom is -0.462 e. The lowest BCUT2D eigenvalue weighted by molar-refractivity contribution is -0.297. The smallest absolute Gasteiger partial charge is 0.306 e. The van der Waals surface area contributed by atoms with Gasteiger partial charge in [0.05, 0.1) is 6.61 Å². The van der Waals surface area contributed by atoms with Crippen molar-refractivity contribution in [2.45, 2.75) is 173 Å². The molecule has 0 bridgehead atoms. The summed E-state index contributed by atoms with van der Waals surface area (Å²) in [4.78, 5) is 25.3. The standard InChI is InChI=1S/C42H70O12S/c1-3-5-7-9-11-13-15-17-18-19-21-22-24-26-28-30-37(43)51-32-35(33-52-42-41(47)40(46)39(45)36(54-42)34-55(48,49)50)53-38(44)31-29-27-25-23-20-16-14-12-10-8-6-4-2/h5,7,11-14,17-18,21-22,35-36,39-42,45-47H,3-4,6,8-10,15-16,19-20,23-34H2,1-2H3,(H,48,49,50)/b7-5+,13-11+,14-12+,18-17+,22-21+/t35-,36-,39-,40?,41?,42+/m1/s1. The van der Waals surface area contributed by atoms with Gasteiger partial charge >= 0.3 is 11.9 Å². The normalized spacial score (nSPS) is 21.5. The molecule has 316 valence electrons. The van der Waals surface area contributed by atoms with Gasteiger partial charge < -0.3 is 34.3 Å². The van der Waals surface area contributed by atoms with Crippen LogP contribution in [0.1, 0.15) is 136 Å². The van der Waals surface area contributed by atoms with Gasteiger partial charge in [-0.05, 0) is 77.0 Å². The molecule has 6 atom stereocenters. The zero-order valence-corrected chi connectivity index (χ0v) is 34.1. The zero-order chi connectivity index (χ0) is 40.6. The number of carbonyl (C=O) groups excluding carboxylic acids is 2. The topological polar surface area (TPSA) is 186 Å². The third-order valence-electron chi connectivity index (χ3n) is 8.83. The van der Waals surface area contributed by atoms with Gasteiger partial charge in [0.1, 0.15) is 36.8 Å². The van der Waals surface area contributed by atoms with E-state index in [0.29, 0.717) is 12.8 Å². The molecule has 1 aliphatic heterocycles. The van der Waals surface area contributed by atoms with Crippen molar-refractivity contribution in [2.75, 3.05) is 19.0 Å². The molecule has 4 N–H and O–H groups in total. The van der Waals surface area contributed by atoms with E-state index in [1.165, 1.54) is 19.3 Å². The molecule has 0 aromatic rings. The maximum atomic E-state index is 12.7. The molecule has 1 saturated heterocycles. The Morgan fingerprint density at radius 2 is 1.15 bits per heavy atom. The van der Waals surface area contributed by atoms with Crippen molar-refractivity contribution in [1.29, 1.82) is 0 Å². The third-order valence-corrected chi connectivity index (χ3v) is 9.58. The number of rotatable bonds is 32. The van der Waals surface area contributed by atoms with Crippen LogP contribution >= 0.6 is 0 Å². The first-order valence-electron chi connectivity index (χ1n) is 20.3. The van der Waals surface area contributed by atoms with Crippen LogP contribution in [0.4, 0.5) is 0 Å². The van der Waals surface area contributed by atoms with Crippen molar-refractivity contribution >= 4 is 22.1 Å². The van der Waals surface area contributed by atoms with Crippen molar-refractivity contribution in [3.8, 4) is 0 Å². The van der Waals surface area contributed by atoms with Crippen molar-refractivity contribution in [1.82, 2.24) is 0 Å². The number of carbonyl (C=O) groups is 2. The summed E-state index contributed by atoms with van der Waals surface area (Å²) in [5, 5.41) is 30.8. The highest BCUT2D eigenvalue weighted by atomic mass is 32.2. The molecule has 0 spiro atoms. The van der Waals surface area contributed by atoms with E-state index in [0.717, 1.165) is 77.0 Å². The third kappa shape index (κ3) is 27.6. The molecule has 0 aromatic heterocycles. The second-order valence-corrected chi connectivity index (χ2v) is 15.4. The van der Waals surface area contributed by atoms with E-state index in [4.69, 9.17) is 18.9 Å². The van der Waals surface area contributed by atoms with E-state index < -0.39 is 71.2 Å². The first-order chi connectivity index (χ1) is 26.5. The van der Waals surface area contributed by atoms with Gasteiger partial charge in [-0.25, -0.2) is 0 Å². The summed E-state index contributed by atoms with van der Waals surface area (Å²) in [5.41, 5.74) is 0. The predicted molar refractivity (Wildman–Crippen MR) is 215 cm³/mol. The van der Waals surface area contributed by atoms with E-state index in [1.807, 2.05) is 0 Å². The van der Waals surface area contributed by atoms with Gasteiger partial charge in [-0.2, -0.15) is 8.42 Å². The molecule has 0 saturated carbocycles. The predicted octanol–water partition coefficient (Wildman–Crippen LogP) is 7.39. The van der Waals surface area contributed by atoms with Gasteiger partial charge in [-0.1, -0.05) is 107 Å². The molecule has 12 nitrogen and oxygen atoms in total. The number of esters is 2. The summed E-state index contributed by atoms with van der Waals surface area (Å²) < 4.78 is 53.8. The number of aliphatic hydroxyl groups excluding tert-OH is 3. The largest absolute Gasteiger partial charge is 0.462 e. The molecule has 1 aliphatic rings. The van der Waals surface area contributed by atoms with Crippen LogP contribution < -0.4 is 0 Å². The number of hydrogen-bond donors (Lipinski definition) is 4. The van der Waals surface area contributed by atoms with Gasteiger partial charge in [0.25, 0.3) is 10.1 Å². The van der Waals surface area contributed by atoms with Crippen molar-refractivity contribution in [3.63, 3.8) is 0 Å². The van der Waals surface area contributed by atoms with Crippen LogP contribution in [0.25, 0.3) is 0 Å². The van der Waals surface area contributed by atoms with Crippen molar-refractivity contribution in [3.05, 3.63) is 60.8 Å². The van der Waals surface area contributed by atoms with E-state index in [1.54, 1.807) is 0 Å². The Balaban J connectivity index is 2.54. The molecular formula is C42H70O12S. The van der Waals surface area contributed by atoms with Crippen LogP contribution in [-0.2, 0) is 38.7 Å². The van der Waals surface area contributed by atoms with Gasteiger partial charge in [-0.3, -0.25) is 14.1 Å². The van der Waals surface area contributed by atoms with Crippen LogP contribution in [0, 0.1) is 0 Å². The van der Waals surface area contributed by atoms with Crippen LogP contribution in [-0.4, -0.2) is 96.0 Å². The van der Waals surface area contributed by atoms with Gasteiger partial charge in [0.15, 0.2) is 12.4 Å². The second kappa shape index (κ2) is 32.4. The Bertz CT molecular complexity index is 1260. The van der Waals surface area contributed by atoms with E-state index in [-0.39, 0.29) is 19.4 Å². The highest BCUT2D eigenvalue weighted by molar-refractivity contribution is 7.85. The molecule has 1 rings (SSSR count). The Morgan fingerprint density at radius 3 is 1.76 bits per heavy atom. The number of aliphatic hydroxyl groups is 3. The van der Waals surface area contributed by atoms with Crippen LogP contribution in [0.15, 0.2) is 60.8 Å². The average molecular weight is 799 g/mol. The van der Waals surface area contributed by atoms with E-state index in [9.17, 15) is 37.9 Å². The Hall–Kier alpha value is -2.65. The maximum absolute atomic E-state index is 12.7. The first kappa shape index (κ1) is 50.4. The lowest BCUT2D eigenvalue weighted by Gasteiger charge is -2.40. The summed E-state index contributed by atoms with van der Waals surface area (Å²) >= 11 is 0. The fraction of sp³-hybridized carbons (Fsp3) is 0.714. The molecule has 0 aromatic carbocycles. The summed E-state index contributed by atoms with van der Waals surface area (Å²) in [6, 6.07) is 0. The Labute approximate surface area is 330 Å². The number of ether oxygens (including phenoxy) is 4. The monoisotopic (exact) mass is 798 g/mol. The van der Waals surface area contributed by atoms with E-state index in [2.05, 4.69) is 74.6 Å². The Kier molecular flexibility index (Phi) is 29.7. The van der Waals surface area contributed by atoms with Crippen LogP contribution in [0.5, 0.6) is 0 Å². The molecule has 1 heterocycles. The fourth-order valence-electron chi connectivity index (χ4n) is 5.66. The maximum Gasteiger partial charge on any atom is 0.306 e. The number of unbranched alkanes of at least 4 members (excludes halogenated alkanes) is 10. The molecule has 0 radical (unpaired) electrons. The first-order valence-corrected chi connectivity index (χ1v) is 22.0. The highest BCUT2D eigenvalue weighted by Crippen LogP contribution is 2.24. The highest BCUT2D eigenvalue weighted by Gasteiger charge is 2.46. The molecule has 55 heavy (non-hydrogen) atoms. The molecular weight excluding hydrogens is 729 g/mol. The van der Waals surface area contributed by atoms with E-state index >= 15 is 0 Å². The lowest BCUT2D eigenvalue weighted by atomic mass is 10.00. The fourth-order valence-corrected chi connectivity index (χ4v) is 6.35. The van der Waals surface area contributed by atoms with Gasteiger partial charge in [0.2, 0.25) is 0 Å². The Morgan fingerprint density at radius 1 is 0.636 bits per heavy atom. The molecule has 13 heteroatoms. The quantitative estimate of drug-likeness (QED) is 0.0229. The molecule has 1 fully saturated rings. The summed E-state index contributed by atoms with van der Waals surface area (Å²) in [6.45, 7) is 3.54. The molecule has 0 amide bonds. The van der Waals surface area contributed by atoms with Gasteiger partial charge in [0, 0.05) is 12.8 Å². The summed E-state index contributed by atoms with van der Waals surface area (Å²) in [7, 11) is -4.61. The van der Waals surface area contributed by atoms with Crippen molar-refractivity contribution < 1.29 is 56.8 Å². The lowest BCUT2D eigenvalue weighted by Crippen LogP contribution is -2.60. The number of hydrogen-bond acceptors (Lipinski definition) is 11. The van der Waals surface area contributed by atoms with Gasteiger partial charge in [-0.15, -0.1) is 0 Å². The molecule has 0 aliphatic carbocycles. The van der Waals surface area contributed by atoms with Crippen LogP contribution in [0.2, 0.25) is 0 Å². The van der Waals surface area contributed by atoms with Crippen molar-refractivity contribution in [2.24, 2.45) is 0 Å². The summed E-state index contributed by atoms with van der Waals surface area (Å²) in [5.74, 6) is -2.06. The minimum absolute atomic E-state index is 0.142. The average Bonchev–Trinajstić information content (AvgIpc) is 3.14. The second-order valence-electron chi connectivity index (χ2n) is 13.9. The SMILES string of the molecule is CC/C=C/C/C=C/C/C=C/C/C=C/CCCCC(=O)OC[C@H](CO[C@H]1O[C@H](CS(=O)(=O)O)[C@@H](O)C(O)C1O)OC(=O)CCCCCCC/C=C/CCCCC. The summed E-state index contributed by atoms with van der Waals surface area (Å²) in [6.07, 6.45) is 28.5. The minimum atomic E-state index is -4.61.